The highest BCUT2D eigenvalue weighted by atomic mass is 35.5. The molecule has 0 spiro atoms. The number of fused-ring (bicyclic) bond motifs is 1. The van der Waals surface area contributed by atoms with E-state index in [4.69, 9.17) is 16.3 Å². The molecule has 0 saturated heterocycles. The van der Waals surface area contributed by atoms with E-state index in [0.29, 0.717) is 11.5 Å². The number of ether oxygens (including phenoxy) is 1. The van der Waals surface area contributed by atoms with E-state index < -0.39 is 5.91 Å². The van der Waals surface area contributed by atoms with E-state index in [1.807, 2.05) is 72.8 Å². The fourth-order valence-electron chi connectivity index (χ4n) is 2.34. The van der Waals surface area contributed by atoms with Crippen LogP contribution in [-0.2, 0) is 4.79 Å². The molecule has 28 heavy (non-hydrogen) atoms. The van der Waals surface area contributed by atoms with Crippen LogP contribution in [0.4, 0.5) is 5.69 Å². The van der Waals surface area contributed by atoms with Crippen molar-refractivity contribution in [3.8, 4) is 5.75 Å². The standard InChI is InChI=1S/C21H19ClN4O2/c1-15(21(22)26-24-18-9-3-2-4-10-18)23-25-20(27)14-28-19-12-11-16-7-5-6-8-17(16)13-19/h2-13,24H,14H2,1H3,(H,25,27)/b23-15+,26-21-. The molecule has 0 unspecified atom stereocenters. The van der Waals surface area contributed by atoms with Gasteiger partial charge in [0.1, 0.15) is 5.75 Å². The summed E-state index contributed by atoms with van der Waals surface area (Å²) in [6.45, 7) is 1.48. The lowest BCUT2D eigenvalue weighted by molar-refractivity contribution is -0.123. The molecular formula is C21H19ClN4O2. The lowest BCUT2D eigenvalue weighted by Gasteiger charge is -2.07. The second-order valence-electron chi connectivity index (χ2n) is 5.91. The molecule has 3 rings (SSSR count). The Morgan fingerprint density at radius 3 is 2.46 bits per heavy atom. The van der Waals surface area contributed by atoms with Gasteiger partial charge in [0.25, 0.3) is 5.91 Å². The number of benzene rings is 3. The Hall–Kier alpha value is -3.38. The van der Waals surface area contributed by atoms with Gasteiger partial charge in [0.2, 0.25) is 0 Å². The maximum absolute atomic E-state index is 11.9. The molecule has 6 nitrogen and oxygen atoms in total. The zero-order valence-corrected chi connectivity index (χ0v) is 16.0. The van der Waals surface area contributed by atoms with Gasteiger partial charge in [0.05, 0.1) is 11.4 Å². The fraction of sp³-hybridized carbons (Fsp3) is 0.0952. The van der Waals surface area contributed by atoms with Gasteiger partial charge in [-0.1, -0.05) is 60.1 Å². The molecule has 0 saturated carbocycles. The van der Waals surface area contributed by atoms with Gasteiger partial charge in [0.15, 0.2) is 11.8 Å². The van der Waals surface area contributed by atoms with E-state index in [2.05, 4.69) is 21.1 Å². The first kappa shape index (κ1) is 19.4. The van der Waals surface area contributed by atoms with Gasteiger partial charge in [-0.3, -0.25) is 10.2 Å². The predicted molar refractivity (Wildman–Crippen MR) is 114 cm³/mol. The topological polar surface area (TPSA) is 75.1 Å². The van der Waals surface area contributed by atoms with Crippen LogP contribution in [0.15, 0.2) is 83.0 Å². The molecule has 0 atom stereocenters. The van der Waals surface area contributed by atoms with Crippen LogP contribution < -0.4 is 15.6 Å². The highest BCUT2D eigenvalue weighted by Gasteiger charge is 2.05. The monoisotopic (exact) mass is 394 g/mol. The van der Waals surface area contributed by atoms with Crippen LogP contribution in [-0.4, -0.2) is 23.4 Å². The number of carbonyl (C=O) groups excluding carboxylic acids is 1. The maximum atomic E-state index is 11.9. The third kappa shape index (κ3) is 5.56. The molecular weight excluding hydrogens is 376 g/mol. The summed E-state index contributed by atoms with van der Waals surface area (Å²) in [6, 6.07) is 22.9. The van der Waals surface area contributed by atoms with Crippen molar-refractivity contribution in [3.63, 3.8) is 0 Å². The van der Waals surface area contributed by atoms with Gasteiger partial charge < -0.3 is 4.74 Å². The largest absolute Gasteiger partial charge is 0.484 e. The summed E-state index contributed by atoms with van der Waals surface area (Å²) < 4.78 is 5.52. The van der Waals surface area contributed by atoms with Crippen molar-refractivity contribution >= 4 is 44.9 Å². The van der Waals surface area contributed by atoms with E-state index in [1.54, 1.807) is 6.92 Å². The highest BCUT2D eigenvalue weighted by Crippen LogP contribution is 2.20. The Bertz CT molecular complexity index is 1020. The molecule has 0 aliphatic rings. The number of nitrogens with zero attached hydrogens (tertiary/aromatic N) is 2. The van der Waals surface area contributed by atoms with E-state index >= 15 is 0 Å². The number of anilines is 1. The Morgan fingerprint density at radius 1 is 0.964 bits per heavy atom. The molecule has 0 heterocycles. The Balaban J connectivity index is 1.50. The van der Waals surface area contributed by atoms with Gasteiger partial charge in [-0.2, -0.15) is 10.2 Å². The zero-order chi connectivity index (χ0) is 19.8. The molecule has 0 aromatic heterocycles. The van der Waals surface area contributed by atoms with E-state index in [1.165, 1.54) is 0 Å². The summed E-state index contributed by atoms with van der Waals surface area (Å²) in [5.41, 5.74) is 6.37. The van der Waals surface area contributed by atoms with E-state index in [9.17, 15) is 4.79 Å². The van der Waals surface area contributed by atoms with Gasteiger partial charge >= 0.3 is 0 Å². The van der Waals surface area contributed by atoms with Gasteiger partial charge in [-0.05, 0) is 42.0 Å². The molecule has 1 amide bonds. The minimum absolute atomic E-state index is 0.139. The van der Waals surface area contributed by atoms with Crippen LogP contribution in [0.5, 0.6) is 5.75 Å². The van der Waals surface area contributed by atoms with Crippen molar-refractivity contribution in [2.75, 3.05) is 12.0 Å². The summed E-state index contributed by atoms with van der Waals surface area (Å²) >= 11 is 6.07. The minimum Gasteiger partial charge on any atom is -0.484 e. The lowest BCUT2D eigenvalue weighted by Crippen LogP contribution is -2.26. The van der Waals surface area contributed by atoms with Crippen LogP contribution in [0.25, 0.3) is 10.8 Å². The third-order valence-electron chi connectivity index (χ3n) is 3.79. The van der Waals surface area contributed by atoms with Crippen LogP contribution in [0, 0.1) is 0 Å². The minimum atomic E-state index is -0.395. The van der Waals surface area contributed by atoms with Crippen molar-refractivity contribution in [2.24, 2.45) is 10.2 Å². The quantitative estimate of drug-likeness (QED) is 0.461. The number of para-hydroxylation sites is 1. The molecule has 3 aromatic carbocycles. The van der Waals surface area contributed by atoms with Gasteiger partial charge in [0, 0.05) is 0 Å². The average Bonchev–Trinajstić information content (AvgIpc) is 2.74. The SMILES string of the molecule is CC(=N\NC(=O)COc1ccc2ccccc2c1)/C(Cl)=N/Nc1ccccc1. The summed E-state index contributed by atoms with van der Waals surface area (Å²) in [5, 5.41) is 10.2. The second kappa shape index (κ2) is 9.53. The number of hydrazone groups is 2. The first-order valence-corrected chi connectivity index (χ1v) is 8.99. The predicted octanol–water partition coefficient (Wildman–Crippen LogP) is 4.38. The molecule has 0 bridgehead atoms. The summed E-state index contributed by atoms with van der Waals surface area (Å²) in [4.78, 5) is 11.9. The highest BCUT2D eigenvalue weighted by molar-refractivity contribution is 6.83. The summed E-state index contributed by atoms with van der Waals surface area (Å²) in [6.07, 6.45) is 0. The summed E-state index contributed by atoms with van der Waals surface area (Å²) in [7, 11) is 0. The molecule has 0 aliphatic heterocycles. The number of amides is 1. The lowest BCUT2D eigenvalue weighted by atomic mass is 10.1. The van der Waals surface area contributed by atoms with Gasteiger partial charge in [-0.15, -0.1) is 0 Å². The van der Waals surface area contributed by atoms with Gasteiger partial charge in [-0.25, -0.2) is 5.43 Å². The van der Waals surface area contributed by atoms with Crippen molar-refractivity contribution in [2.45, 2.75) is 6.92 Å². The normalized spacial score (nSPS) is 11.9. The smallest absolute Gasteiger partial charge is 0.277 e. The second-order valence-corrected chi connectivity index (χ2v) is 6.27. The van der Waals surface area contributed by atoms with Crippen LogP contribution in [0.1, 0.15) is 6.92 Å². The maximum Gasteiger partial charge on any atom is 0.277 e. The molecule has 0 radical (unpaired) electrons. The number of carbonyl (C=O) groups is 1. The first-order valence-electron chi connectivity index (χ1n) is 8.61. The molecule has 0 fully saturated rings. The van der Waals surface area contributed by atoms with Crippen molar-refractivity contribution < 1.29 is 9.53 Å². The Morgan fingerprint density at radius 2 is 1.68 bits per heavy atom. The molecule has 7 heteroatoms. The molecule has 3 aromatic rings. The van der Waals surface area contributed by atoms with E-state index in [0.717, 1.165) is 16.5 Å². The number of hydrogen-bond acceptors (Lipinski definition) is 5. The molecule has 0 aliphatic carbocycles. The van der Waals surface area contributed by atoms with Crippen LogP contribution in [0.3, 0.4) is 0 Å². The first-order chi connectivity index (χ1) is 13.6. The zero-order valence-electron chi connectivity index (χ0n) is 15.2. The van der Waals surface area contributed by atoms with Crippen molar-refractivity contribution in [1.29, 1.82) is 0 Å². The number of halogens is 1. The Labute approximate surface area is 167 Å². The van der Waals surface area contributed by atoms with Crippen LogP contribution >= 0.6 is 11.6 Å². The average molecular weight is 395 g/mol. The van der Waals surface area contributed by atoms with Crippen molar-refractivity contribution in [1.82, 2.24) is 5.43 Å². The fourth-order valence-corrected chi connectivity index (χ4v) is 2.42. The third-order valence-corrected chi connectivity index (χ3v) is 4.15. The number of rotatable bonds is 7. The Kier molecular flexibility index (Phi) is 6.59. The van der Waals surface area contributed by atoms with E-state index in [-0.39, 0.29) is 11.8 Å². The number of nitrogens with one attached hydrogen (secondary N) is 2. The molecule has 2 N–H and O–H groups in total. The summed E-state index contributed by atoms with van der Waals surface area (Å²) in [5.74, 6) is 0.217. The van der Waals surface area contributed by atoms with Crippen molar-refractivity contribution in [3.05, 3.63) is 72.8 Å². The van der Waals surface area contributed by atoms with Crippen LogP contribution in [0.2, 0.25) is 0 Å². The number of hydrogen-bond donors (Lipinski definition) is 2. The molecule has 142 valence electrons.